The first kappa shape index (κ1) is 17.5. The molecule has 5 atom stereocenters. The number of benzene rings is 1. The third kappa shape index (κ3) is 1.96. The van der Waals surface area contributed by atoms with Crippen molar-refractivity contribution in [2.45, 2.75) is 24.4 Å². The third-order valence-electron chi connectivity index (χ3n) is 6.57. The van der Waals surface area contributed by atoms with Crippen LogP contribution in [0.25, 0.3) is 0 Å². The molecule has 1 spiro atoms. The fourth-order valence-electron chi connectivity index (χ4n) is 5.42. The van der Waals surface area contributed by atoms with Crippen molar-refractivity contribution in [3.8, 4) is 0 Å². The van der Waals surface area contributed by atoms with Crippen LogP contribution in [0.2, 0.25) is 0 Å². The molecule has 4 aliphatic heterocycles. The third-order valence-corrected chi connectivity index (χ3v) is 6.57. The highest BCUT2D eigenvalue weighted by Crippen LogP contribution is 2.58. The first-order valence-corrected chi connectivity index (χ1v) is 9.77. The van der Waals surface area contributed by atoms with E-state index in [0.29, 0.717) is 17.0 Å². The lowest BCUT2D eigenvalue weighted by atomic mass is 9.76. The van der Waals surface area contributed by atoms with Crippen LogP contribution in [0.5, 0.6) is 0 Å². The molecule has 2 aromatic rings. The van der Waals surface area contributed by atoms with E-state index in [1.807, 2.05) is 6.08 Å². The van der Waals surface area contributed by atoms with Crippen molar-refractivity contribution in [3.63, 3.8) is 0 Å². The quantitative estimate of drug-likeness (QED) is 0.570. The zero-order valence-corrected chi connectivity index (χ0v) is 16.1. The monoisotopic (exact) mass is 406 g/mol. The maximum Gasteiger partial charge on any atom is 0.312 e. The first-order valence-electron chi connectivity index (χ1n) is 9.77. The number of fused-ring (bicyclic) bond motifs is 4. The number of carbonyl (C=O) groups is 3. The number of furan rings is 1. The molecule has 2 fully saturated rings. The lowest BCUT2D eigenvalue weighted by Gasteiger charge is -2.44. The number of para-hydroxylation sites is 1. The summed E-state index contributed by atoms with van der Waals surface area (Å²) in [7, 11) is 1.31. The summed E-state index contributed by atoms with van der Waals surface area (Å²) >= 11 is 0. The molecule has 6 rings (SSSR count). The number of anilines is 1. The van der Waals surface area contributed by atoms with Crippen molar-refractivity contribution < 1.29 is 28.3 Å². The molecule has 0 saturated carbocycles. The Labute approximate surface area is 171 Å². The van der Waals surface area contributed by atoms with E-state index in [1.165, 1.54) is 7.11 Å². The van der Waals surface area contributed by atoms with Gasteiger partial charge in [-0.1, -0.05) is 18.2 Å². The number of hydrogen-bond acceptors (Lipinski definition) is 6. The number of amides is 2. The molecule has 0 unspecified atom stereocenters. The van der Waals surface area contributed by atoms with Crippen LogP contribution >= 0.6 is 0 Å². The molecule has 8 nitrogen and oxygen atoms in total. The predicted molar refractivity (Wildman–Crippen MR) is 102 cm³/mol. The molecule has 152 valence electrons. The van der Waals surface area contributed by atoms with E-state index in [-0.39, 0.29) is 18.4 Å². The maximum absolute atomic E-state index is 13.7. The smallest absolute Gasteiger partial charge is 0.312 e. The molecule has 1 aromatic heterocycles. The summed E-state index contributed by atoms with van der Waals surface area (Å²) in [5.74, 6) is -1.86. The molecule has 0 aliphatic carbocycles. The molecule has 0 N–H and O–H groups in total. The Morgan fingerprint density at radius 1 is 1.20 bits per heavy atom. The SMILES string of the molecule is COC(=O)[C@H]1[C@H]2C(=O)N3c4ccccc4C(=O)N(Cc4ccco4)[C@H]3[C@]23C=C[C@H]1O3. The summed E-state index contributed by atoms with van der Waals surface area (Å²) in [5.41, 5.74) is -0.157. The zero-order chi connectivity index (χ0) is 20.6. The number of rotatable bonds is 3. The van der Waals surface area contributed by atoms with Crippen LogP contribution in [-0.2, 0) is 25.6 Å². The molecule has 30 heavy (non-hydrogen) atoms. The predicted octanol–water partition coefficient (Wildman–Crippen LogP) is 1.72. The van der Waals surface area contributed by atoms with Crippen molar-refractivity contribution in [1.29, 1.82) is 0 Å². The van der Waals surface area contributed by atoms with Gasteiger partial charge in [-0.2, -0.15) is 0 Å². The highest BCUT2D eigenvalue weighted by molar-refractivity contribution is 6.12. The van der Waals surface area contributed by atoms with Crippen LogP contribution in [0, 0.1) is 11.8 Å². The zero-order valence-electron chi connectivity index (χ0n) is 16.1. The summed E-state index contributed by atoms with van der Waals surface area (Å²) in [4.78, 5) is 42.9. The van der Waals surface area contributed by atoms with Gasteiger partial charge in [-0.25, -0.2) is 0 Å². The summed E-state index contributed by atoms with van der Waals surface area (Å²) in [5, 5.41) is 0. The minimum atomic E-state index is -1.11. The van der Waals surface area contributed by atoms with Crippen LogP contribution in [-0.4, -0.2) is 47.7 Å². The molecule has 2 saturated heterocycles. The summed E-state index contributed by atoms with van der Waals surface area (Å²) in [6.45, 7) is 0.174. The van der Waals surface area contributed by atoms with Crippen LogP contribution in [0.3, 0.4) is 0 Å². The molecule has 0 radical (unpaired) electrons. The highest BCUT2D eigenvalue weighted by atomic mass is 16.5. The number of carbonyl (C=O) groups excluding carboxylic acids is 3. The Hall–Kier alpha value is -3.39. The van der Waals surface area contributed by atoms with E-state index in [4.69, 9.17) is 13.9 Å². The maximum atomic E-state index is 13.7. The van der Waals surface area contributed by atoms with Crippen LogP contribution in [0.4, 0.5) is 5.69 Å². The number of methoxy groups -OCH3 is 1. The fraction of sp³-hybridized carbons (Fsp3) is 0.318. The summed E-state index contributed by atoms with van der Waals surface area (Å²) < 4.78 is 16.7. The topological polar surface area (TPSA) is 89.3 Å². The van der Waals surface area contributed by atoms with E-state index in [2.05, 4.69) is 0 Å². The lowest BCUT2D eigenvalue weighted by Crippen LogP contribution is -2.60. The number of esters is 1. The van der Waals surface area contributed by atoms with Gasteiger partial charge in [-0.05, 0) is 30.3 Å². The average molecular weight is 406 g/mol. The Kier molecular flexibility index (Phi) is 3.39. The van der Waals surface area contributed by atoms with Crippen molar-refractivity contribution in [3.05, 3.63) is 66.1 Å². The van der Waals surface area contributed by atoms with Gasteiger partial charge in [-0.15, -0.1) is 0 Å². The molecule has 8 heteroatoms. The molecule has 1 aromatic carbocycles. The Balaban J connectivity index is 1.54. The van der Waals surface area contributed by atoms with Crippen LogP contribution < -0.4 is 4.90 Å². The Morgan fingerprint density at radius 3 is 2.80 bits per heavy atom. The van der Waals surface area contributed by atoms with Gasteiger partial charge in [0.05, 0.1) is 43.2 Å². The van der Waals surface area contributed by atoms with Crippen molar-refractivity contribution >= 4 is 23.5 Å². The fourth-order valence-corrected chi connectivity index (χ4v) is 5.42. The molecule has 2 bridgehead atoms. The van der Waals surface area contributed by atoms with Gasteiger partial charge in [0.25, 0.3) is 5.91 Å². The summed E-state index contributed by atoms with van der Waals surface area (Å²) in [6, 6.07) is 10.5. The van der Waals surface area contributed by atoms with Gasteiger partial charge in [0.15, 0.2) is 0 Å². The molecular formula is C22H18N2O6. The second-order valence-corrected chi connectivity index (χ2v) is 7.93. The van der Waals surface area contributed by atoms with Crippen molar-refractivity contribution in [2.24, 2.45) is 11.8 Å². The largest absolute Gasteiger partial charge is 0.469 e. The van der Waals surface area contributed by atoms with Gasteiger partial charge in [0.2, 0.25) is 5.91 Å². The van der Waals surface area contributed by atoms with E-state index < -0.39 is 35.7 Å². The highest BCUT2D eigenvalue weighted by Gasteiger charge is 2.74. The molecule has 4 aliphatic rings. The number of ether oxygens (including phenoxy) is 2. The second kappa shape index (κ2) is 5.82. The van der Waals surface area contributed by atoms with Crippen LogP contribution in [0.15, 0.2) is 59.2 Å². The number of hydrogen-bond donors (Lipinski definition) is 0. The van der Waals surface area contributed by atoms with Crippen molar-refractivity contribution in [2.75, 3.05) is 12.0 Å². The minimum absolute atomic E-state index is 0.174. The van der Waals surface area contributed by atoms with Gasteiger partial charge in [0, 0.05) is 0 Å². The normalized spacial score (nSPS) is 33.0. The van der Waals surface area contributed by atoms with Crippen LogP contribution in [0.1, 0.15) is 16.1 Å². The van der Waals surface area contributed by atoms with E-state index >= 15 is 0 Å². The van der Waals surface area contributed by atoms with Gasteiger partial charge < -0.3 is 18.8 Å². The lowest BCUT2D eigenvalue weighted by molar-refractivity contribution is -0.149. The van der Waals surface area contributed by atoms with E-state index in [1.54, 1.807) is 58.5 Å². The Morgan fingerprint density at radius 2 is 2.03 bits per heavy atom. The van der Waals surface area contributed by atoms with Crippen molar-refractivity contribution in [1.82, 2.24) is 4.90 Å². The Bertz CT molecular complexity index is 1110. The minimum Gasteiger partial charge on any atom is -0.469 e. The van der Waals surface area contributed by atoms with Gasteiger partial charge in [-0.3, -0.25) is 19.3 Å². The standard InChI is InChI=1S/C22H18N2O6/c1-28-20(27)16-15-8-9-22(30-15)17(16)19(26)24-14-7-3-2-6-13(14)18(25)23(21(22)24)11-12-5-4-10-29-12/h2-10,15-17,21H,11H2,1H3/t15-,16-,17+,21-,22+/m1/s1. The summed E-state index contributed by atoms with van der Waals surface area (Å²) in [6.07, 6.45) is 3.90. The number of nitrogens with zero attached hydrogens (tertiary/aromatic N) is 2. The van der Waals surface area contributed by atoms with E-state index in [0.717, 1.165) is 0 Å². The second-order valence-electron chi connectivity index (χ2n) is 7.93. The van der Waals surface area contributed by atoms with Gasteiger partial charge in [0.1, 0.15) is 23.4 Å². The average Bonchev–Trinajstić information content (AvgIpc) is 3.53. The molecule has 2 amide bonds. The van der Waals surface area contributed by atoms with Gasteiger partial charge >= 0.3 is 5.97 Å². The molecular weight excluding hydrogens is 388 g/mol. The molecule has 5 heterocycles. The van der Waals surface area contributed by atoms with E-state index in [9.17, 15) is 14.4 Å². The first-order chi connectivity index (χ1) is 14.6.